The van der Waals surface area contributed by atoms with E-state index >= 15 is 0 Å². The first kappa shape index (κ1) is 11.7. The molecule has 1 heterocycles. The van der Waals surface area contributed by atoms with Crippen LogP contribution in [0.1, 0.15) is 39.0 Å². The van der Waals surface area contributed by atoms with Crippen LogP contribution in [0.4, 0.5) is 5.69 Å². The quantitative estimate of drug-likeness (QED) is 0.755. The van der Waals surface area contributed by atoms with E-state index in [2.05, 4.69) is 24.4 Å². The second-order valence-corrected chi connectivity index (χ2v) is 7.08. The molecule has 1 nitrogen and oxygen atoms in total. The second kappa shape index (κ2) is 4.40. The van der Waals surface area contributed by atoms with Gasteiger partial charge in [-0.15, -0.1) is 0 Å². The predicted octanol–water partition coefficient (Wildman–Crippen LogP) is 5.15. The Morgan fingerprint density at radius 3 is 2.88 bits per heavy atom. The Hall–Kier alpha value is -0.340. The predicted molar refractivity (Wildman–Crippen MR) is 75.9 cm³/mol. The van der Waals surface area contributed by atoms with Crippen LogP contribution < -0.4 is 5.32 Å². The Bertz CT molecular complexity index is 424. The van der Waals surface area contributed by atoms with Crippen LogP contribution in [0.15, 0.2) is 23.1 Å². The highest BCUT2D eigenvalue weighted by molar-refractivity contribution is 8.01. The largest absolute Gasteiger partial charge is 0.369 e. The molecule has 1 N–H and O–H groups in total. The van der Waals surface area contributed by atoms with E-state index in [1.807, 2.05) is 17.8 Å². The van der Waals surface area contributed by atoms with Crippen molar-refractivity contribution in [3.8, 4) is 0 Å². The van der Waals surface area contributed by atoms with Gasteiger partial charge in [-0.05, 0) is 49.8 Å². The second-order valence-electron chi connectivity index (χ2n) is 5.21. The molecule has 1 aromatic carbocycles. The van der Waals surface area contributed by atoms with Gasteiger partial charge < -0.3 is 5.32 Å². The average molecular weight is 268 g/mol. The first-order valence-electron chi connectivity index (χ1n) is 6.47. The molecule has 0 amide bonds. The zero-order valence-corrected chi connectivity index (χ0v) is 11.7. The molecule has 0 aromatic heterocycles. The first-order valence-corrected chi connectivity index (χ1v) is 7.67. The lowest BCUT2D eigenvalue weighted by Gasteiger charge is -2.36. The fraction of sp³-hybridized carbons (Fsp3) is 0.571. The van der Waals surface area contributed by atoms with E-state index in [0.29, 0.717) is 0 Å². The Labute approximate surface area is 112 Å². The normalized spacial score (nSPS) is 31.3. The molecule has 92 valence electrons. The van der Waals surface area contributed by atoms with Crippen molar-refractivity contribution in [3.63, 3.8) is 0 Å². The molecule has 1 spiro atoms. The maximum Gasteiger partial charge on any atom is 0.0881 e. The number of halogens is 1. The van der Waals surface area contributed by atoms with Crippen LogP contribution in [0.2, 0.25) is 5.02 Å². The van der Waals surface area contributed by atoms with E-state index in [4.69, 9.17) is 11.6 Å². The van der Waals surface area contributed by atoms with E-state index in [0.717, 1.165) is 10.9 Å². The zero-order chi connectivity index (χ0) is 11.9. The molecular weight excluding hydrogens is 250 g/mol. The van der Waals surface area contributed by atoms with Crippen molar-refractivity contribution < 1.29 is 0 Å². The SMILES string of the molecule is CCC1CCC2(CC1)Nc1cc(Cl)ccc1S2. The van der Waals surface area contributed by atoms with Crippen molar-refractivity contribution >= 4 is 29.1 Å². The molecule has 0 bridgehead atoms. The summed E-state index contributed by atoms with van der Waals surface area (Å²) < 4.78 is 0. The van der Waals surface area contributed by atoms with Gasteiger partial charge in [0.2, 0.25) is 0 Å². The summed E-state index contributed by atoms with van der Waals surface area (Å²) in [6.07, 6.45) is 6.61. The first-order chi connectivity index (χ1) is 8.21. The summed E-state index contributed by atoms with van der Waals surface area (Å²) >= 11 is 8.06. The number of rotatable bonds is 1. The van der Waals surface area contributed by atoms with Gasteiger partial charge in [-0.1, -0.05) is 36.7 Å². The summed E-state index contributed by atoms with van der Waals surface area (Å²) in [5, 5.41) is 4.54. The van der Waals surface area contributed by atoms with Gasteiger partial charge in [-0.25, -0.2) is 0 Å². The molecule has 1 saturated carbocycles. The van der Waals surface area contributed by atoms with E-state index in [9.17, 15) is 0 Å². The summed E-state index contributed by atoms with van der Waals surface area (Å²) in [7, 11) is 0. The van der Waals surface area contributed by atoms with Crippen molar-refractivity contribution in [1.82, 2.24) is 0 Å². The van der Waals surface area contributed by atoms with Crippen LogP contribution in [0.3, 0.4) is 0 Å². The number of nitrogens with one attached hydrogen (secondary N) is 1. The summed E-state index contributed by atoms with van der Waals surface area (Å²) in [5.41, 5.74) is 1.23. The highest BCUT2D eigenvalue weighted by atomic mass is 35.5. The van der Waals surface area contributed by atoms with Crippen molar-refractivity contribution in [3.05, 3.63) is 23.2 Å². The smallest absolute Gasteiger partial charge is 0.0881 e. The average Bonchev–Trinajstić information content (AvgIpc) is 2.67. The van der Waals surface area contributed by atoms with Gasteiger partial charge >= 0.3 is 0 Å². The highest BCUT2D eigenvalue weighted by Gasteiger charge is 2.40. The molecule has 3 rings (SSSR count). The molecule has 1 fully saturated rings. The monoisotopic (exact) mass is 267 g/mol. The van der Waals surface area contributed by atoms with Crippen LogP contribution in [-0.2, 0) is 0 Å². The summed E-state index contributed by atoms with van der Waals surface area (Å²) in [5.74, 6) is 0.940. The van der Waals surface area contributed by atoms with E-state index in [1.54, 1.807) is 0 Å². The number of fused-ring (bicyclic) bond motifs is 1. The van der Waals surface area contributed by atoms with Crippen LogP contribution in [0, 0.1) is 5.92 Å². The lowest BCUT2D eigenvalue weighted by atomic mass is 9.84. The molecule has 2 aliphatic rings. The molecule has 1 aliphatic carbocycles. The molecule has 0 radical (unpaired) electrons. The van der Waals surface area contributed by atoms with Crippen molar-refractivity contribution in [2.75, 3.05) is 5.32 Å². The van der Waals surface area contributed by atoms with E-state index < -0.39 is 0 Å². The van der Waals surface area contributed by atoms with Gasteiger partial charge in [0.15, 0.2) is 0 Å². The molecule has 0 saturated heterocycles. The number of thioether (sulfide) groups is 1. The molecule has 1 aliphatic heterocycles. The molecule has 17 heavy (non-hydrogen) atoms. The van der Waals surface area contributed by atoms with Crippen LogP contribution in [0.25, 0.3) is 0 Å². The van der Waals surface area contributed by atoms with Crippen molar-refractivity contribution in [2.24, 2.45) is 5.92 Å². The highest BCUT2D eigenvalue weighted by Crippen LogP contribution is 2.53. The van der Waals surface area contributed by atoms with E-state index in [-0.39, 0.29) is 4.87 Å². The topological polar surface area (TPSA) is 12.0 Å². The van der Waals surface area contributed by atoms with Crippen molar-refractivity contribution in [2.45, 2.75) is 48.8 Å². The third kappa shape index (κ3) is 2.17. The Kier molecular flexibility index (Phi) is 3.04. The maximum absolute atomic E-state index is 6.05. The summed E-state index contributed by atoms with van der Waals surface area (Å²) in [4.78, 5) is 1.63. The van der Waals surface area contributed by atoms with Crippen LogP contribution in [0.5, 0.6) is 0 Å². The number of hydrogen-bond donors (Lipinski definition) is 1. The van der Waals surface area contributed by atoms with Crippen LogP contribution >= 0.6 is 23.4 Å². The standard InChI is InChI=1S/C14H18ClNS/c1-2-10-5-7-14(8-6-10)16-12-9-11(15)3-4-13(12)17-14/h3-4,9-10,16H,2,5-8H2,1H3. The summed E-state index contributed by atoms with van der Waals surface area (Å²) in [6, 6.07) is 6.20. The minimum absolute atomic E-state index is 0.263. The third-order valence-electron chi connectivity index (χ3n) is 4.10. The minimum Gasteiger partial charge on any atom is -0.369 e. The molecule has 0 atom stereocenters. The van der Waals surface area contributed by atoms with Gasteiger partial charge in [0.05, 0.1) is 10.6 Å². The molecular formula is C14H18ClNS. The number of benzene rings is 1. The lowest BCUT2D eigenvalue weighted by molar-refractivity contribution is 0.314. The fourth-order valence-electron chi connectivity index (χ4n) is 2.95. The fourth-order valence-corrected chi connectivity index (χ4v) is 4.50. The zero-order valence-electron chi connectivity index (χ0n) is 10.1. The third-order valence-corrected chi connectivity index (χ3v) is 5.81. The van der Waals surface area contributed by atoms with Gasteiger partial charge in [0, 0.05) is 9.92 Å². The summed E-state index contributed by atoms with van der Waals surface area (Å²) in [6.45, 7) is 2.31. The Morgan fingerprint density at radius 1 is 1.41 bits per heavy atom. The Balaban J connectivity index is 1.77. The van der Waals surface area contributed by atoms with Gasteiger partial charge in [-0.2, -0.15) is 0 Å². The Morgan fingerprint density at radius 2 is 2.18 bits per heavy atom. The van der Waals surface area contributed by atoms with Gasteiger partial charge in [0.1, 0.15) is 0 Å². The minimum atomic E-state index is 0.263. The van der Waals surface area contributed by atoms with E-state index in [1.165, 1.54) is 42.7 Å². The maximum atomic E-state index is 6.05. The van der Waals surface area contributed by atoms with Crippen molar-refractivity contribution in [1.29, 1.82) is 0 Å². The molecule has 1 aromatic rings. The molecule has 0 unspecified atom stereocenters. The van der Waals surface area contributed by atoms with Gasteiger partial charge in [0.25, 0.3) is 0 Å². The van der Waals surface area contributed by atoms with Crippen LogP contribution in [-0.4, -0.2) is 4.87 Å². The molecule has 3 heteroatoms. The van der Waals surface area contributed by atoms with Gasteiger partial charge in [-0.3, -0.25) is 0 Å². The number of anilines is 1. The lowest BCUT2D eigenvalue weighted by Crippen LogP contribution is -2.35. The number of hydrogen-bond acceptors (Lipinski definition) is 2.